The molecule has 7 rings (SSSR count). The predicted octanol–water partition coefficient (Wildman–Crippen LogP) is 7.08. The molecule has 2 aliphatic rings. The van der Waals surface area contributed by atoms with Crippen LogP contribution in [0, 0.1) is 5.92 Å². The molecule has 2 aliphatic heterocycles. The van der Waals surface area contributed by atoms with Crippen LogP contribution in [-0.4, -0.2) is 34.6 Å². The molecule has 3 atom stereocenters. The first-order chi connectivity index (χ1) is 22.5. The Balaban J connectivity index is 1.23. The van der Waals surface area contributed by atoms with Gasteiger partial charge in [0.05, 0.1) is 22.2 Å². The highest BCUT2D eigenvalue weighted by atomic mass is 35.5. The summed E-state index contributed by atoms with van der Waals surface area (Å²) in [7, 11) is 0. The number of H-pyrrole nitrogens is 1. The highest BCUT2D eigenvalue weighted by Crippen LogP contribution is 2.55. The van der Waals surface area contributed by atoms with Gasteiger partial charge in [-0.3, -0.25) is 19.2 Å². The van der Waals surface area contributed by atoms with E-state index in [2.05, 4.69) is 10.3 Å². The number of thioether (sulfide) groups is 1. The summed E-state index contributed by atoms with van der Waals surface area (Å²) in [5.74, 6) is -4.24. The van der Waals surface area contributed by atoms with Gasteiger partial charge in [0.2, 0.25) is 11.8 Å². The van der Waals surface area contributed by atoms with Crippen LogP contribution < -0.4 is 19.8 Å². The molecule has 238 valence electrons. The molecule has 3 heterocycles. The smallest absolute Gasteiger partial charge is 0.418 e. The van der Waals surface area contributed by atoms with Gasteiger partial charge in [-0.2, -0.15) is 13.2 Å². The van der Waals surface area contributed by atoms with Gasteiger partial charge in [0, 0.05) is 27.1 Å². The van der Waals surface area contributed by atoms with Crippen molar-refractivity contribution in [3.05, 3.63) is 116 Å². The summed E-state index contributed by atoms with van der Waals surface area (Å²) >= 11 is 8.14. The quantitative estimate of drug-likeness (QED) is 0.184. The summed E-state index contributed by atoms with van der Waals surface area (Å²) in [6.45, 7) is -0.439. The normalized spacial score (nSPS) is 19.1. The topological polar surface area (TPSA) is 109 Å². The molecule has 0 saturated carbocycles. The van der Waals surface area contributed by atoms with Gasteiger partial charge in [-0.15, -0.1) is 0 Å². The Bertz CT molecular complexity index is 2150. The lowest BCUT2D eigenvalue weighted by Gasteiger charge is -2.31. The third-order valence-electron chi connectivity index (χ3n) is 7.97. The van der Waals surface area contributed by atoms with Crippen molar-refractivity contribution in [1.82, 2.24) is 4.98 Å². The number of anilines is 2. The van der Waals surface area contributed by atoms with E-state index >= 15 is 0 Å². The molecule has 2 N–H and O–H groups in total. The Morgan fingerprint density at radius 3 is 2.47 bits per heavy atom. The molecule has 1 aromatic heterocycles. The molecule has 0 unspecified atom stereocenters. The fraction of sp³-hybridized carbons (Fsp3) is 0.152. The number of amides is 3. The number of nitrogens with zero attached hydrogens (tertiary/aromatic N) is 1. The fourth-order valence-corrected chi connectivity index (χ4v) is 8.69. The standard InChI is InChI=1S/C33H21ClF3N3O5S2/c34-18-10-12-23(45-15-24(41)38-19-11-9-16-5-1-2-6-17(16)13-19)20(14-18)25-26-28(46-29-27(25)47-32(44)39-29)31(43)40(30(26)42)22-8-4-3-7-21(22)33(35,36)37/h1-14,25-26,28H,15H2,(H,38,41)(H,39,44)/t25-,26-,28+/m0/s1. The number of hydrogen-bond donors (Lipinski definition) is 2. The lowest BCUT2D eigenvalue weighted by Crippen LogP contribution is -2.33. The maximum absolute atomic E-state index is 14.1. The zero-order valence-electron chi connectivity index (χ0n) is 23.8. The molecule has 4 aromatic carbocycles. The molecule has 1 saturated heterocycles. The second-order valence-electron chi connectivity index (χ2n) is 10.9. The first-order valence-electron chi connectivity index (χ1n) is 14.1. The number of thiazole rings is 1. The van der Waals surface area contributed by atoms with Crippen LogP contribution in [-0.2, 0) is 20.6 Å². The Labute approximate surface area is 277 Å². The van der Waals surface area contributed by atoms with Crippen LogP contribution in [0.25, 0.3) is 10.8 Å². The average Bonchev–Trinajstić information content (AvgIpc) is 3.53. The average molecular weight is 696 g/mol. The van der Waals surface area contributed by atoms with E-state index in [0.717, 1.165) is 46.0 Å². The van der Waals surface area contributed by atoms with Crippen molar-refractivity contribution in [3.8, 4) is 5.75 Å². The van der Waals surface area contributed by atoms with Gasteiger partial charge in [0.1, 0.15) is 11.0 Å². The molecular formula is C33H21ClF3N3O5S2. The monoisotopic (exact) mass is 695 g/mol. The number of ether oxygens (including phenoxy) is 1. The van der Waals surface area contributed by atoms with Gasteiger partial charge >= 0.3 is 11.0 Å². The van der Waals surface area contributed by atoms with Gasteiger partial charge < -0.3 is 15.0 Å². The summed E-state index contributed by atoms with van der Waals surface area (Å²) in [6.07, 6.45) is -4.83. The SMILES string of the molecule is O=C(COc1ccc(Cl)cc1[C@@H]1c2sc(=O)[nH]c2S[C@H]2C(=O)N(c3ccccc3C(F)(F)F)C(=O)[C@@H]12)Nc1ccc2ccccc2c1. The molecular weight excluding hydrogens is 675 g/mol. The van der Waals surface area contributed by atoms with Crippen LogP contribution in [0.4, 0.5) is 24.5 Å². The molecule has 47 heavy (non-hydrogen) atoms. The zero-order chi connectivity index (χ0) is 33.0. The maximum atomic E-state index is 14.1. The lowest BCUT2D eigenvalue weighted by molar-refractivity contribution is -0.137. The van der Waals surface area contributed by atoms with E-state index in [1.807, 2.05) is 36.4 Å². The number of para-hydroxylation sites is 1. The number of aromatic amines is 1. The van der Waals surface area contributed by atoms with Crippen LogP contribution >= 0.6 is 34.7 Å². The molecule has 3 amide bonds. The van der Waals surface area contributed by atoms with Gasteiger partial charge in [-0.25, -0.2) is 4.90 Å². The Kier molecular flexibility index (Phi) is 7.85. The van der Waals surface area contributed by atoms with Crippen LogP contribution in [0.3, 0.4) is 0 Å². The van der Waals surface area contributed by atoms with E-state index in [4.69, 9.17) is 16.3 Å². The Morgan fingerprint density at radius 2 is 1.68 bits per heavy atom. The van der Waals surface area contributed by atoms with Gasteiger partial charge in [0.25, 0.3) is 5.91 Å². The number of carbonyl (C=O) groups excluding carboxylic acids is 3. The van der Waals surface area contributed by atoms with Crippen molar-refractivity contribution < 1.29 is 32.3 Å². The van der Waals surface area contributed by atoms with Crippen molar-refractivity contribution in [2.45, 2.75) is 22.4 Å². The molecule has 5 aromatic rings. The number of halogens is 4. The van der Waals surface area contributed by atoms with E-state index in [9.17, 15) is 32.3 Å². The highest BCUT2D eigenvalue weighted by molar-refractivity contribution is 8.00. The first-order valence-corrected chi connectivity index (χ1v) is 16.2. The van der Waals surface area contributed by atoms with Crippen molar-refractivity contribution in [3.63, 3.8) is 0 Å². The number of rotatable bonds is 6. The highest BCUT2D eigenvalue weighted by Gasteiger charge is 2.57. The minimum absolute atomic E-state index is 0.153. The van der Waals surface area contributed by atoms with E-state index in [1.54, 1.807) is 6.07 Å². The summed E-state index contributed by atoms with van der Waals surface area (Å²) in [4.78, 5) is 56.6. The molecule has 0 radical (unpaired) electrons. The van der Waals surface area contributed by atoms with Crippen molar-refractivity contribution in [1.29, 1.82) is 0 Å². The molecule has 0 bridgehead atoms. The molecule has 0 aliphatic carbocycles. The molecule has 14 heteroatoms. The van der Waals surface area contributed by atoms with Crippen LogP contribution in [0.2, 0.25) is 5.02 Å². The van der Waals surface area contributed by atoms with E-state index < -0.39 is 63.7 Å². The Morgan fingerprint density at radius 1 is 0.936 bits per heavy atom. The first kappa shape index (κ1) is 31.0. The summed E-state index contributed by atoms with van der Waals surface area (Å²) in [5.41, 5.74) is -0.852. The number of aromatic nitrogens is 1. The number of carbonyl (C=O) groups is 3. The van der Waals surface area contributed by atoms with Gasteiger partial charge in [0.15, 0.2) is 6.61 Å². The number of nitrogens with one attached hydrogen (secondary N) is 2. The molecule has 1 fully saturated rings. The van der Waals surface area contributed by atoms with E-state index in [0.29, 0.717) is 26.1 Å². The number of imide groups is 1. The number of benzene rings is 4. The summed E-state index contributed by atoms with van der Waals surface area (Å²) in [6, 6.07) is 22.0. The minimum Gasteiger partial charge on any atom is -0.483 e. The largest absolute Gasteiger partial charge is 0.483 e. The number of fused-ring (bicyclic) bond motifs is 3. The molecule has 8 nitrogen and oxygen atoms in total. The second-order valence-corrected chi connectivity index (χ2v) is 13.5. The second kappa shape index (κ2) is 11.9. The van der Waals surface area contributed by atoms with E-state index in [1.165, 1.54) is 30.3 Å². The van der Waals surface area contributed by atoms with Crippen LogP contribution in [0.1, 0.15) is 21.9 Å². The third-order valence-corrected chi connectivity index (χ3v) is 10.6. The predicted molar refractivity (Wildman–Crippen MR) is 173 cm³/mol. The number of alkyl halides is 3. The maximum Gasteiger partial charge on any atom is 0.418 e. The van der Waals surface area contributed by atoms with Crippen molar-refractivity contribution >= 4 is 74.6 Å². The van der Waals surface area contributed by atoms with E-state index in [-0.39, 0.29) is 10.8 Å². The van der Waals surface area contributed by atoms with Gasteiger partial charge in [-0.05, 0) is 53.2 Å². The van der Waals surface area contributed by atoms with Crippen molar-refractivity contribution in [2.75, 3.05) is 16.8 Å². The number of hydrogen-bond acceptors (Lipinski definition) is 7. The molecule has 0 spiro atoms. The van der Waals surface area contributed by atoms with Crippen molar-refractivity contribution in [2.24, 2.45) is 5.92 Å². The summed E-state index contributed by atoms with van der Waals surface area (Å²) < 4.78 is 47.9. The van der Waals surface area contributed by atoms with Crippen LogP contribution in [0.5, 0.6) is 5.75 Å². The Hall–Kier alpha value is -4.59. The third kappa shape index (κ3) is 5.68. The van der Waals surface area contributed by atoms with Gasteiger partial charge in [-0.1, -0.05) is 77.2 Å². The minimum atomic E-state index is -4.83. The van der Waals surface area contributed by atoms with Crippen LogP contribution in [0.15, 0.2) is 94.7 Å². The zero-order valence-corrected chi connectivity index (χ0v) is 26.2. The lowest BCUT2D eigenvalue weighted by atomic mass is 9.82. The summed E-state index contributed by atoms with van der Waals surface area (Å²) in [5, 5.41) is 4.12. The fourth-order valence-electron chi connectivity index (χ4n) is 6.00.